The number of nitrogens with one attached hydrogen (secondary N) is 1. The molecule has 0 aliphatic carbocycles. The normalized spacial score (nSPS) is 11.6. The van der Waals surface area contributed by atoms with Crippen LogP contribution in [0.4, 0.5) is 5.69 Å². The largest absolute Gasteiger partial charge is 0.397 e. The van der Waals surface area contributed by atoms with Crippen molar-refractivity contribution in [1.29, 1.82) is 0 Å². The Labute approximate surface area is 149 Å². The summed E-state index contributed by atoms with van der Waals surface area (Å²) in [6, 6.07) is 8.12. The maximum absolute atomic E-state index is 12.5. The lowest BCUT2D eigenvalue weighted by Gasteiger charge is -2.06. The smallest absolute Gasteiger partial charge is 0.277 e. The van der Waals surface area contributed by atoms with E-state index >= 15 is 0 Å². The molecule has 1 aromatic carbocycles. The molecular formula is C17H17N3O3S2. The van der Waals surface area contributed by atoms with Crippen molar-refractivity contribution < 1.29 is 13.2 Å². The molecule has 8 heteroatoms. The summed E-state index contributed by atoms with van der Waals surface area (Å²) >= 11 is 1.09. The van der Waals surface area contributed by atoms with E-state index in [1.54, 1.807) is 12.1 Å². The number of sulfonamides is 1. The number of carbonyl (C=O) groups is 1. The summed E-state index contributed by atoms with van der Waals surface area (Å²) in [6.45, 7) is 5.58. The molecule has 3 rings (SSSR count). The van der Waals surface area contributed by atoms with E-state index < -0.39 is 15.9 Å². The molecule has 0 aliphatic rings. The first-order valence-corrected chi connectivity index (χ1v) is 9.79. The Morgan fingerprint density at radius 2 is 1.80 bits per heavy atom. The number of carbonyl (C=O) groups excluding carboxylic acids is 1. The maximum Gasteiger partial charge on any atom is 0.277 e. The van der Waals surface area contributed by atoms with Crippen LogP contribution in [0.2, 0.25) is 0 Å². The van der Waals surface area contributed by atoms with Crippen molar-refractivity contribution >= 4 is 43.2 Å². The number of benzene rings is 1. The van der Waals surface area contributed by atoms with Crippen molar-refractivity contribution in [2.24, 2.45) is 0 Å². The number of anilines is 1. The average molecular weight is 375 g/mol. The molecular weight excluding hydrogens is 358 g/mol. The van der Waals surface area contributed by atoms with E-state index in [2.05, 4.69) is 9.71 Å². The third-order valence-corrected chi connectivity index (χ3v) is 6.23. The summed E-state index contributed by atoms with van der Waals surface area (Å²) in [5, 5.41) is 0.688. The summed E-state index contributed by atoms with van der Waals surface area (Å²) < 4.78 is 26.9. The first kappa shape index (κ1) is 17.4. The van der Waals surface area contributed by atoms with Gasteiger partial charge in [-0.1, -0.05) is 17.7 Å². The molecule has 0 fully saturated rings. The fourth-order valence-electron chi connectivity index (χ4n) is 2.58. The number of fused-ring (bicyclic) bond motifs is 1. The molecule has 2 aromatic heterocycles. The number of thiophene rings is 1. The van der Waals surface area contributed by atoms with Gasteiger partial charge in [0, 0.05) is 11.1 Å². The van der Waals surface area contributed by atoms with Gasteiger partial charge in [-0.3, -0.25) is 4.79 Å². The number of nitrogen functional groups attached to an aromatic ring is 1. The number of hydrogen-bond acceptors (Lipinski definition) is 6. The van der Waals surface area contributed by atoms with Crippen molar-refractivity contribution in [3.63, 3.8) is 0 Å². The van der Waals surface area contributed by atoms with E-state index in [0.29, 0.717) is 10.2 Å². The zero-order valence-corrected chi connectivity index (χ0v) is 15.6. The lowest BCUT2D eigenvalue weighted by molar-refractivity contribution is 0.0986. The van der Waals surface area contributed by atoms with E-state index in [1.165, 1.54) is 12.1 Å². The molecule has 0 unspecified atom stereocenters. The Balaban J connectivity index is 1.99. The standard InChI is InChI=1S/C17H17N3O3S2/c1-9-4-6-12(7-5-9)25(22,23)20-16(21)15-14(18)13-10(2)8-11(3)19-17(13)24-15/h4-8H,18H2,1-3H3,(H,20,21). The summed E-state index contributed by atoms with van der Waals surface area (Å²) in [5.74, 6) is -0.752. The van der Waals surface area contributed by atoms with Gasteiger partial charge in [-0.25, -0.2) is 18.1 Å². The van der Waals surface area contributed by atoms with E-state index in [4.69, 9.17) is 5.73 Å². The topological polar surface area (TPSA) is 102 Å². The molecule has 0 bridgehead atoms. The highest BCUT2D eigenvalue weighted by atomic mass is 32.2. The molecule has 25 heavy (non-hydrogen) atoms. The lowest BCUT2D eigenvalue weighted by Crippen LogP contribution is -2.30. The van der Waals surface area contributed by atoms with Gasteiger partial charge in [0.1, 0.15) is 9.71 Å². The van der Waals surface area contributed by atoms with Gasteiger partial charge in [0.2, 0.25) is 0 Å². The monoisotopic (exact) mass is 375 g/mol. The second kappa shape index (κ2) is 6.12. The maximum atomic E-state index is 12.5. The second-order valence-electron chi connectivity index (χ2n) is 5.85. The van der Waals surface area contributed by atoms with Gasteiger partial charge in [0.15, 0.2) is 0 Å². The Bertz CT molecular complexity index is 1080. The van der Waals surface area contributed by atoms with Crippen LogP contribution in [0.3, 0.4) is 0 Å². The highest BCUT2D eigenvalue weighted by molar-refractivity contribution is 7.90. The van der Waals surface area contributed by atoms with Crippen LogP contribution in [0.5, 0.6) is 0 Å². The summed E-state index contributed by atoms with van der Waals surface area (Å²) in [6.07, 6.45) is 0. The van der Waals surface area contributed by atoms with Crippen molar-refractivity contribution in [3.8, 4) is 0 Å². The Morgan fingerprint density at radius 1 is 1.16 bits per heavy atom. The Morgan fingerprint density at radius 3 is 2.44 bits per heavy atom. The number of nitrogens with two attached hydrogens (primary N) is 1. The number of pyridine rings is 1. The van der Waals surface area contributed by atoms with E-state index in [0.717, 1.165) is 28.2 Å². The molecule has 0 spiro atoms. The van der Waals surface area contributed by atoms with Gasteiger partial charge in [0.25, 0.3) is 15.9 Å². The molecule has 2 heterocycles. The first-order valence-electron chi connectivity index (χ1n) is 7.49. The third-order valence-electron chi connectivity index (χ3n) is 3.79. The molecule has 0 aliphatic heterocycles. The minimum atomic E-state index is -3.97. The van der Waals surface area contributed by atoms with E-state index in [-0.39, 0.29) is 15.5 Å². The molecule has 6 nitrogen and oxygen atoms in total. The van der Waals surface area contributed by atoms with Crippen LogP contribution in [0.1, 0.15) is 26.5 Å². The number of aryl methyl sites for hydroxylation is 3. The van der Waals surface area contributed by atoms with Gasteiger partial charge < -0.3 is 5.73 Å². The molecule has 130 valence electrons. The Kier molecular flexibility index (Phi) is 4.26. The number of rotatable bonds is 3. The van der Waals surface area contributed by atoms with Gasteiger partial charge in [-0.05, 0) is 44.5 Å². The molecule has 0 atom stereocenters. The SMILES string of the molecule is Cc1ccc(S(=O)(=O)NC(=O)c2sc3nc(C)cc(C)c3c2N)cc1. The van der Waals surface area contributed by atoms with Crippen molar-refractivity contribution in [1.82, 2.24) is 9.71 Å². The third kappa shape index (κ3) is 3.22. The van der Waals surface area contributed by atoms with Gasteiger partial charge in [0.05, 0.1) is 10.6 Å². The van der Waals surface area contributed by atoms with E-state index in [1.807, 2.05) is 26.8 Å². The fourth-order valence-corrected chi connectivity index (χ4v) is 4.72. The summed E-state index contributed by atoms with van der Waals surface area (Å²) in [7, 11) is -3.97. The molecule has 0 radical (unpaired) electrons. The average Bonchev–Trinajstić information content (AvgIpc) is 2.84. The van der Waals surface area contributed by atoms with Crippen molar-refractivity contribution in [2.45, 2.75) is 25.7 Å². The molecule has 3 aromatic rings. The molecule has 0 saturated carbocycles. The highest BCUT2D eigenvalue weighted by Crippen LogP contribution is 2.35. The fraction of sp³-hybridized carbons (Fsp3) is 0.176. The van der Waals surface area contributed by atoms with Gasteiger partial charge in [-0.2, -0.15) is 0 Å². The quantitative estimate of drug-likeness (QED) is 0.733. The van der Waals surface area contributed by atoms with Crippen molar-refractivity contribution in [3.05, 3.63) is 52.0 Å². The summed E-state index contributed by atoms with van der Waals surface area (Å²) in [4.78, 5) is 17.7. The lowest BCUT2D eigenvalue weighted by atomic mass is 10.1. The van der Waals surface area contributed by atoms with Crippen molar-refractivity contribution in [2.75, 3.05) is 5.73 Å². The van der Waals surface area contributed by atoms with Crippen LogP contribution in [0.15, 0.2) is 35.2 Å². The summed E-state index contributed by atoms with van der Waals surface area (Å²) in [5.41, 5.74) is 8.97. The molecule has 3 N–H and O–H groups in total. The number of nitrogens with zero attached hydrogens (tertiary/aromatic N) is 1. The van der Waals surface area contributed by atoms with Crippen LogP contribution >= 0.6 is 11.3 Å². The number of aromatic nitrogens is 1. The second-order valence-corrected chi connectivity index (χ2v) is 8.53. The predicted molar refractivity (Wildman–Crippen MR) is 99.3 cm³/mol. The minimum Gasteiger partial charge on any atom is -0.397 e. The minimum absolute atomic E-state index is 0.0243. The Hall–Kier alpha value is -2.45. The number of hydrogen-bond donors (Lipinski definition) is 2. The molecule has 0 saturated heterocycles. The van der Waals surface area contributed by atoms with Crippen LogP contribution < -0.4 is 10.5 Å². The number of amides is 1. The van der Waals surface area contributed by atoms with Crippen LogP contribution in [-0.2, 0) is 10.0 Å². The molecule has 1 amide bonds. The highest BCUT2D eigenvalue weighted by Gasteiger charge is 2.24. The van der Waals surface area contributed by atoms with E-state index in [9.17, 15) is 13.2 Å². The first-order chi connectivity index (χ1) is 11.7. The van der Waals surface area contributed by atoms with Gasteiger partial charge in [-0.15, -0.1) is 11.3 Å². The zero-order valence-electron chi connectivity index (χ0n) is 14.0. The zero-order chi connectivity index (χ0) is 18.4. The van der Waals surface area contributed by atoms with Crippen LogP contribution in [0, 0.1) is 20.8 Å². The predicted octanol–water partition coefficient (Wildman–Crippen LogP) is 2.92. The van der Waals surface area contributed by atoms with Gasteiger partial charge >= 0.3 is 0 Å². The van der Waals surface area contributed by atoms with Crippen LogP contribution in [-0.4, -0.2) is 19.3 Å². The van der Waals surface area contributed by atoms with Crippen LogP contribution in [0.25, 0.3) is 10.2 Å².